The zero-order valence-corrected chi connectivity index (χ0v) is 28.2. The van der Waals surface area contributed by atoms with Crippen molar-refractivity contribution in [3.63, 3.8) is 0 Å². The Hall–Kier alpha value is -4.83. The predicted octanol–water partition coefficient (Wildman–Crippen LogP) is 5.76. The van der Waals surface area contributed by atoms with Gasteiger partial charge in [-0.25, -0.2) is 8.42 Å². The summed E-state index contributed by atoms with van der Waals surface area (Å²) in [7, 11) is -1.31. The van der Waals surface area contributed by atoms with Crippen LogP contribution in [0.4, 0.5) is 5.69 Å². The van der Waals surface area contributed by atoms with Crippen LogP contribution in [-0.4, -0.2) is 58.5 Å². The van der Waals surface area contributed by atoms with Crippen LogP contribution in [0.3, 0.4) is 0 Å². The number of anilines is 1. The molecule has 0 spiro atoms. The summed E-state index contributed by atoms with van der Waals surface area (Å²) in [5.74, 6) is -0.121. The van der Waals surface area contributed by atoms with Crippen LogP contribution in [-0.2, 0) is 32.6 Å². The van der Waals surface area contributed by atoms with Gasteiger partial charge in [-0.05, 0) is 48.7 Å². The standard InChI is InChI=1S/C37H43N3O6S/c1-5-6-23-38-37(42)33(24-29-13-9-7-10-14-29)39(26-30-15-11-8-12-16-30)36(41)27-40(31-19-22-34(45-3)35(25-31)46-4)47(43,44)32-20-17-28(2)18-21-32/h7-22,25,33H,5-6,23-24,26-27H2,1-4H3,(H,38,42)/t33-/m0/s1. The van der Waals surface area contributed by atoms with Crippen molar-refractivity contribution < 1.29 is 27.5 Å². The van der Waals surface area contributed by atoms with E-state index < -0.39 is 28.5 Å². The second-order valence-corrected chi connectivity index (χ2v) is 13.1. The molecule has 0 bridgehead atoms. The maximum absolute atomic E-state index is 14.6. The van der Waals surface area contributed by atoms with Gasteiger partial charge in [-0.2, -0.15) is 0 Å². The van der Waals surface area contributed by atoms with Crippen LogP contribution < -0.4 is 19.1 Å². The van der Waals surface area contributed by atoms with E-state index in [9.17, 15) is 18.0 Å². The molecule has 4 rings (SSSR count). The first-order chi connectivity index (χ1) is 22.7. The Kier molecular flexibility index (Phi) is 12.4. The molecule has 4 aromatic carbocycles. The molecule has 248 valence electrons. The number of carbonyl (C=O) groups excluding carboxylic acids is 2. The van der Waals surface area contributed by atoms with Gasteiger partial charge >= 0.3 is 0 Å². The number of ether oxygens (including phenoxy) is 2. The first-order valence-electron chi connectivity index (χ1n) is 15.6. The highest BCUT2D eigenvalue weighted by Gasteiger charge is 2.35. The maximum atomic E-state index is 14.6. The minimum Gasteiger partial charge on any atom is -0.493 e. The van der Waals surface area contributed by atoms with Crippen molar-refractivity contribution in [1.82, 2.24) is 10.2 Å². The Morgan fingerprint density at radius 2 is 1.43 bits per heavy atom. The average Bonchev–Trinajstić information content (AvgIpc) is 3.09. The lowest BCUT2D eigenvalue weighted by Crippen LogP contribution is -2.53. The van der Waals surface area contributed by atoms with Gasteiger partial charge in [0, 0.05) is 25.6 Å². The second-order valence-electron chi connectivity index (χ2n) is 11.2. The van der Waals surface area contributed by atoms with Crippen LogP contribution in [0.25, 0.3) is 0 Å². The Balaban J connectivity index is 1.81. The van der Waals surface area contributed by atoms with E-state index in [1.807, 2.05) is 74.5 Å². The molecular weight excluding hydrogens is 614 g/mol. The van der Waals surface area contributed by atoms with E-state index in [-0.39, 0.29) is 29.5 Å². The summed E-state index contributed by atoms with van der Waals surface area (Å²) in [6.07, 6.45) is 1.93. The summed E-state index contributed by atoms with van der Waals surface area (Å²) in [5.41, 5.74) is 2.78. The molecule has 0 saturated heterocycles. The lowest BCUT2D eigenvalue weighted by Gasteiger charge is -2.34. The molecule has 9 nitrogen and oxygen atoms in total. The minimum absolute atomic E-state index is 0.0263. The molecule has 0 aromatic heterocycles. The quantitative estimate of drug-likeness (QED) is 0.154. The molecule has 0 aliphatic heterocycles. The van der Waals surface area contributed by atoms with E-state index >= 15 is 0 Å². The molecular formula is C37H43N3O6S. The third-order valence-corrected chi connectivity index (χ3v) is 9.63. The van der Waals surface area contributed by atoms with Crippen molar-refractivity contribution in [3.8, 4) is 11.5 Å². The van der Waals surface area contributed by atoms with Gasteiger partial charge in [0.05, 0.1) is 24.8 Å². The molecule has 10 heteroatoms. The zero-order chi connectivity index (χ0) is 33.8. The van der Waals surface area contributed by atoms with Crippen molar-refractivity contribution in [2.75, 3.05) is 31.6 Å². The molecule has 0 unspecified atom stereocenters. The van der Waals surface area contributed by atoms with E-state index in [1.54, 1.807) is 24.3 Å². The van der Waals surface area contributed by atoms with Crippen molar-refractivity contribution in [3.05, 3.63) is 120 Å². The average molecular weight is 658 g/mol. The zero-order valence-electron chi connectivity index (χ0n) is 27.4. The summed E-state index contributed by atoms with van der Waals surface area (Å²) in [6.45, 7) is 3.91. The monoisotopic (exact) mass is 657 g/mol. The van der Waals surface area contributed by atoms with E-state index in [4.69, 9.17) is 9.47 Å². The summed E-state index contributed by atoms with van der Waals surface area (Å²) in [4.78, 5) is 30.0. The Labute approximate surface area is 278 Å². The number of carbonyl (C=O) groups is 2. The largest absolute Gasteiger partial charge is 0.493 e. The summed E-state index contributed by atoms with van der Waals surface area (Å²) < 4.78 is 40.5. The van der Waals surface area contributed by atoms with Gasteiger partial charge in [0.15, 0.2) is 11.5 Å². The van der Waals surface area contributed by atoms with Gasteiger partial charge in [-0.15, -0.1) is 0 Å². The second kappa shape index (κ2) is 16.6. The molecule has 1 N–H and O–H groups in total. The lowest BCUT2D eigenvalue weighted by atomic mass is 10.0. The van der Waals surface area contributed by atoms with Crippen LogP contribution in [0, 0.1) is 6.92 Å². The highest BCUT2D eigenvalue weighted by atomic mass is 32.2. The van der Waals surface area contributed by atoms with Crippen LogP contribution in [0.15, 0.2) is 108 Å². The van der Waals surface area contributed by atoms with Gasteiger partial charge in [-0.1, -0.05) is 91.7 Å². The predicted molar refractivity (Wildman–Crippen MR) is 184 cm³/mol. The topological polar surface area (TPSA) is 105 Å². The number of nitrogens with one attached hydrogen (secondary N) is 1. The van der Waals surface area contributed by atoms with Gasteiger partial charge < -0.3 is 19.7 Å². The maximum Gasteiger partial charge on any atom is 0.264 e. The van der Waals surface area contributed by atoms with Gasteiger partial charge in [0.1, 0.15) is 12.6 Å². The number of methoxy groups -OCH3 is 2. The van der Waals surface area contributed by atoms with E-state index in [1.165, 1.54) is 37.3 Å². The first kappa shape index (κ1) is 35.0. The normalized spacial score (nSPS) is 11.7. The fourth-order valence-electron chi connectivity index (χ4n) is 5.19. The van der Waals surface area contributed by atoms with Crippen LogP contribution in [0.1, 0.15) is 36.5 Å². The number of benzene rings is 4. The first-order valence-corrected chi connectivity index (χ1v) is 17.1. The molecule has 0 aliphatic rings. The molecule has 0 saturated carbocycles. The molecule has 2 amide bonds. The molecule has 47 heavy (non-hydrogen) atoms. The van der Waals surface area contributed by atoms with Gasteiger partial charge in [0.2, 0.25) is 11.8 Å². The third-order valence-electron chi connectivity index (χ3n) is 7.84. The molecule has 0 fully saturated rings. The highest BCUT2D eigenvalue weighted by molar-refractivity contribution is 7.92. The fourth-order valence-corrected chi connectivity index (χ4v) is 6.59. The number of unbranched alkanes of at least 4 members (excludes halogenated alkanes) is 1. The van der Waals surface area contributed by atoms with Gasteiger partial charge in [0.25, 0.3) is 10.0 Å². The number of hydrogen-bond acceptors (Lipinski definition) is 6. The molecule has 0 heterocycles. The third kappa shape index (κ3) is 9.13. The van der Waals surface area contributed by atoms with Crippen LogP contribution in [0.5, 0.6) is 11.5 Å². The number of hydrogen-bond donors (Lipinski definition) is 1. The van der Waals surface area contributed by atoms with E-state index in [0.717, 1.165) is 33.8 Å². The Bertz CT molecular complexity index is 1710. The fraction of sp³-hybridized carbons (Fsp3) is 0.297. The van der Waals surface area contributed by atoms with Crippen molar-refractivity contribution >= 4 is 27.5 Å². The summed E-state index contributed by atoms with van der Waals surface area (Å²) in [6, 6.07) is 29.1. The smallest absolute Gasteiger partial charge is 0.264 e. The molecule has 0 aliphatic carbocycles. The van der Waals surface area contributed by atoms with E-state index in [0.29, 0.717) is 18.0 Å². The van der Waals surface area contributed by atoms with Crippen molar-refractivity contribution in [2.24, 2.45) is 0 Å². The number of sulfonamides is 1. The number of aryl methyl sites for hydroxylation is 1. The number of amides is 2. The van der Waals surface area contributed by atoms with Crippen molar-refractivity contribution in [2.45, 2.75) is 50.6 Å². The number of nitrogens with zero attached hydrogens (tertiary/aromatic N) is 2. The van der Waals surface area contributed by atoms with Gasteiger partial charge in [-0.3, -0.25) is 13.9 Å². The minimum atomic E-state index is -4.25. The molecule has 0 radical (unpaired) electrons. The SMILES string of the molecule is CCCCNC(=O)[C@H](Cc1ccccc1)N(Cc1ccccc1)C(=O)CN(c1ccc(OC)c(OC)c1)S(=O)(=O)c1ccc(C)cc1. The molecule has 4 aromatic rings. The number of rotatable bonds is 16. The van der Waals surface area contributed by atoms with Crippen LogP contribution >= 0.6 is 0 Å². The Morgan fingerprint density at radius 3 is 2.02 bits per heavy atom. The van der Waals surface area contributed by atoms with E-state index in [2.05, 4.69) is 5.32 Å². The summed E-state index contributed by atoms with van der Waals surface area (Å²) in [5, 5.41) is 3.00. The lowest BCUT2D eigenvalue weighted by molar-refractivity contribution is -0.140. The summed E-state index contributed by atoms with van der Waals surface area (Å²) >= 11 is 0. The Morgan fingerprint density at radius 1 is 0.809 bits per heavy atom. The highest BCUT2D eigenvalue weighted by Crippen LogP contribution is 2.34. The van der Waals surface area contributed by atoms with Crippen molar-refractivity contribution in [1.29, 1.82) is 0 Å². The van der Waals surface area contributed by atoms with Crippen LogP contribution in [0.2, 0.25) is 0 Å². The molecule has 1 atom stereocenters.